The molecule has 2 heterocycles. The summed E-state index contributed by atoms with van der Waals surface area (Å²) < 4.78 is 28.7. The van der Waals surface area contributed by atoms with E-state index in [1.54, 1.807) is 17.0 Å². The van der Waals surface area contributed by atoms with Gasteiger partial charge in [0.1, 0.15) is 5.82 Å². The molecule has 0 saturated carbocycles. The monoisotopic (exact) mass is 369 g/mol. The quantitative estimate of drug-likeness (QED) is 0.704. The Morgan fingerprint density at radius 2 is 1.78 bits per heavy atom. The van der Waals surface area contributed by atoms with Crippen molar-refractivity contribution in [2.45, 2.75) is 6.92 Å². The Morgan fingerprint density at radius 1 is 1.04 bits per heavy atom. The zero-order valence-corrected chi connectivity index (χ0v) is 15.2. The normalized spacial score (nSPS) is 14.8. The summed E-state index contributed by atoms with van der Waals surface area (Å²) in [5.41, 5.74) is 3.87. The molecule has 0 atom stereocenters. The number of carbonyl (C=O) groups excluding carboxylic acids is 1. The molecule has 2 aromatic carbocycles. The minimum Gasteiger partial charge on any atom is -0.368 e. The predicted molar refractivity (Wildman–Crippen MR) is 103 cm³/mol. The van der Waals surface area contributed by atoms with Crippen molar-refractivity contribution in [1.82, 2.24) is 9.47 Å². The molecule has 0 bridgehead atoms. The lowest BCUT2D eigenvalue weighted by Crippen LogP contribution is -2.49. The van der Waals surface area contributed by atoms with Crippen LogP contribution in [0.1, 0.15) is 5.56 Å². The zero-order chi connectivity index (χ0) is 19.0. The van der Waals surface area contributed by atoms with E-state index in [1.165, 1.54) is 6.07 Å². The molecular weight excluding hydrogens is 348 g/mol. The summed E-state index contributed by atoms with van der Waals surface area (Å²) in [7, 11) is 0. The Balaban J connectivity index is 1.63. The molecule has 3 aromatic rings. The molecule has 4 rings (SSSR count). The smallest absolute Gasteiger partial charge is 0.254 e. The van der Waals surface area contributed by atoms with Crippen molar-refractivity contribution in [3.05, 3.63) is 60.0 Å². The number of rotatable bonds is 3. The molecule has 4 nitrogen and oxygen atoms in total. The summed E-state index contributed by atoms with van der Waals surface area (Å²) in [6.07, 6.45) is 1.89. The van der Waals surface area contributed by atoms with Crippen LogP contribution in [0, 0.1) is 12.7 Å². The lowest BCUT2D eigenvalue weighted by molar-refractivity contribution is -0.132. The van der Waals surface area contributed by atoms with Gasteiger partial charge in [0, 0.05) is 49.1 Å². The van der Waals surface area contributed by atoms with Gasteiger partial charge in [0.2, 0.25) is 0 Å². The van der Waals surface area contributed by atoms with Gasteiger partial charge in [-0.25, -0.2) is 8.78 Å². The van der Waals surface area contributed by atoms with Crippen molar-refractivity contribution in [2.24, 2.45) is 0 Å². The van der Waals surface area contributed by atoms with Crippen molar-refractivity contribution in [3.63, 3.8) is 0 Å². The third-order valence-corrected chi connectivity index (χ3v) is 5.22. The van der Waals surface area contributed by atoms with Gasteiger partial charge in [0.25, 0.3) is 5.91 Å². The van der Waals surface area contributed by atoms with E-state index in [1.807, 2.05) is 35.9 Å². The van der Waals surface area contributed by atoms with Gasteiger partial charge < -0.3 is 14.4 Å². The lowest BCUT2D eigenvalue weighted by Gasteiger charge is -2.35. The second kappa shape index (κ2) is 7.02. The number of fused-ring (bicyclic) bond motifs is 1. The van der Waals surface area contributed by atoms with Gasteiger partial charge in [-0.15, -0.1) is 0 Å². The lowest BCUT2D eigenvalue weighted by atomic mass is 10.1. The minimum atomic E-state index is -0.938. The Labute approximate surface area is 156 Å². The van der Waals surface area contributed by atoms with Gasteiger partial charge in [-0.1, -0.05) is 12.1 Å². The van der Waals surface area contributed by atoms with Gasteiger partial charge in [-0.2, -0.15) is 0 Å². The van der Waals surface area contributed by atoms with Crippen LogP contribution in [0.25, 0.3) is 16.6 Å². The van der Waals surface area contributed by atoms with E-state index in [0.717, 1.165) is 22.5 Å². The molecule has 6 heteroatoms. The van der Waals surface area contributed by atoms with E-state index >= 15 is 0 Å². The van der Waals surface area contributed by atoms with E-state index in [0.29, 0.717) is 31.6 Å². The number of nitrogens with zero attached hydrogens (tertiary/aromatic N) is 3. The van der Waals surface area contributed by atoms with Crippen LogP contribution in [0.4, 0.5) is 14.5 Å². The number of hydrogen-bond donors (Lipinski definition) is 0. The molecule has 27 heavy (non-hydrogen) atoms. The Morgan fingerprint density at radius 3 is 2.52 bits per heavy atom. The van der Waals surface area contributed by atoms with Crippen LogP contribution in [0.3, 0.4) is 0 Å². The highest BCUT2D eigenvalue weighted by atomic mass is 19.1. The number of alkyl halides is 1. The number of piperazine rings is 1. The molecule has 0 spiro atoms. The Hall–Kier alpha value is -2.89. The number of benzene rings is 2. The van der Waals surface area contributed by atoms with Crippen LogP contribution < -0.4 is 4.90 Å². The van der Waals surface area contributed by atoms with Gasteiger partial charge in [0.05, 0.1) is 5.52 Å². The van der Waals surface area contributed by atoms with E-state index in [-0.39, 0.29) is 5.82 Å². The van der Waals surface area contributed by atoms with Crippen LogP contribution in [0.15, 0.2) is 48.7 Å². The van der Waals surface area contributed by atoms with E-state index in [4.69, 9.17) is 0 Å². The molecule has 0 aliphatic carbocycles. The first kappa shape index (κ1) is 17.5. The first-order valence-corrected chi connectivity index (χ1v) is 9.04. The molecule has 0 radical (unpaired) electrons. The standard InChI is InChI=1S/C21H21F2N3O/c1-15-5-6-19(23)18-7-8-26(21(15)18)17-4-2-3-16(13-17)24-9-11-25(12-10-24)20(27)14-22/h2-8,13H,9-12,14H2,1H3. The summed E-state index contributed by atoms with van der Waals surface area (Å²) >= 11 is 0. The fourth-order valence-electron chi connectivity index (χ4n) is 3.75. The average molecular weight is 369 g/mol. The number of aromatic nitrogens is 1. The zero-order valence-electron chi connectivity index (χ0n) is 15.2. The molecule has 1 aliphatic rings. The predicted octanol–water partition coefficient (Wildman–Crippen LogP) is 3.70. The summed E-state index contributed by atoms with van der Waals surface area (Å²) in [5, 5.41) is 0.610. The van der Waals surface area contributed by atoms with Gasteiger partial charge in [-0.3, -0.25) is 4.79 Å². The van der Waals surface area contributed by atoms with Crippen molar-refractivity contribution >= 4 is 22.5 Å². The fourth-order valence-corrected chi connectivity index (χ4v) is 3.75. The van der Waals surface area contributed by atoms with Crippen LogP contribution in [0.2, 0.25) is 0 Å². The van der Waals surface area contributed by atoms with Gasteiger partial charge >= 0.3 is 0 Å². The van der Waals surface area contributed by atoms with Crippen molar-refractivity contribution < 1.29 is 13.6 Å². The van der Waals surface area contributed by atoms with Crippen LogP contribution >= 0.6 is 0 Å². The second-order valence-electron chi connectivity index (χ2n) is 6.83. The maximum Gasteiger partial charge on any atom is 0.254 e. The number of hydrogen-bond acceptors (Lipinski definition) is 2. The number of carbonyl (C=O) groups is 1. The Bertz CT molecular complexity index is 990. The highest BCUT2D eigenvalue weighted by molar-refractivity contribution is 5.85. The van der Waals surface area contributed by atoms with Gasteiger partial charge in [0.15, 0.2) is 6.67 Å². The van der Waals surface area contributed by atoms with Crippen molar-refractivity contribution in [1.29, 1.82) is 0 Å². The highest BCUT2D eigenvalue weighted by Gasteiger charge is 2.21. The fraction of sp³-hybridized carbons (Fsp3) is 0.286. The topological polar surface area (TPSA) is 28.5 Å². The van der Waals surface area contributed by atoms with E-state index < -0.39 is 12.6 Å². The number of halogens is 2. The van der Waals surface area contributed by atoms with Gasteiger partial charge in [-0.05, 0) is 42.8 Å². The third kappa shape index (κ3) is 3.16. The van der Waals surface area contributed by atoms with E-state index in [2.05, 4.69) is 11.0 Å². The SMILES string of the molecule is Cc1ccc(F)c2ccn(-c3cccc(N4CCN(C(=O)CF)CC4)c3)c12. The number of aryl methyl sites for hydroxylation is 1. The molecule has 0 unspecified atom stereocenters. The first-order chi connectivity index (χ1) is 13.1. The second-order valence-corrected chi connectivity index (χ2v) is 6.83. The summed E-state index contributed by atoms with van der Waals surface area (Å²) in [6.45, 7) is 3.40. The number of amides is 1. The van der Waals surface area contributed by atoms with Crippen molar-refractivity contribution in [2.75, 3.05) is 37.8 Å². The summed E-state index contributed by atoms with van der Waals surface area (Å²) in [6, 6.07) is 13.1. The van der Waals surface area contributed by atoms with Crippen LogP contribution in [0.5, 0.6) is 0 Å². The molecule has 0 N–H and O–H groups in total. The molecule has 1 amide bonds. The van der Waals surface area contributed by atoms with Crippen molar-refractivity contribution in [3.8, 4) is 5.69 Å². The molecule has 1 saturated heterocycles. The molecule has 1 aliphatic heterocycles. The third-order valence-electron chi connectivity index (χ3n) is 5.22. The maximum absolute atomic E-state index is 14.1. The van der Waals surface area contributed by atoms with Crippen LogP contribution in [-0.4, -0.2) is 48.2 Å². The first-order valence-electron chi connectivity index (χ1n) is 9.04. The minimum absolute atomic E-state index is 0.223. The highest BCUT2D eigenvalue weighted by Crippen LogP contribution is 2.28. The van der Waals surface area contributed by atoms with E-state index in [9.17, 15) is 13.6 Å². The summed E-state index contributed by atoms with van der Waals surface area (Å²) in [4.78, 5) is 15.2. The number of anilines is 1. The summed E-state index contributed by atoms with van der Waals surface area (Å²) in [5.74, 6) is -0.668. The molecule has 1 fully saturated rings. The molecular formula is C21H21F2N3O. The molecule has 1 aromatic heterocycles. The maximum atomic E-state index is 14.1. The molecule has 140 valence electrons. The Kier molecular flexibility index (Phi) is 4.56. The van der Waals surface area contributed by atoms with Crippen LogP contribution in [-0.2, 0) is 4.79 Å². The largest absolute Gasteiger partial charge is 0.368 e. The average Bonchev–Trinajstić information content (AvgIpc) is 3.17.